The second-order valence-corrected chi connectivity index (χ2v) is 5.75. The van der Waals surface area contributed by atoms with Crippen LogP contribution in [-0.4, -0.2) is 25.2 Å². The zero-order valence-corrected chi connectivity index (χ0v) is 13.3. The molecule has 0 bridgehead atoms. The van der Waals surface area contributed by atoms with Crippen LogP contribution in [0.5, 0.6) is 5.75 Å². The van der Waals surface area contributed by atoms with Gasteiger partial charge in [0.05, 0.1) is 11.7 Å². The van der Waals surface area contributed by atoms with E-state index < -0.39 is 0 Å². The first-order chi connectivity index (χ1) is 11.7. The lowest BCUT2D eigenvalue weighted by molar-refractivity contribution is 0.0670. The molecule has 0 spiro atoms. The van der Waals surface area contributed by atoms with Gasteiger partial charge in [0.15, 0.2) is 0 Å². The van der Waals surface area contributed by atoms with Crippen molar-refractivity contribution < 1.29 is 18.7 Å². The molecule has 1 unspecified atom stereocenters. The van der Waals surface area contributed by atoms with Gasteiger partial charge in [-0.1, -0.05) is 24.3 Å². The summed E-state index contributed by atoms with van der Waals surface area (Å²) in [7, 11) is 0. The molecule has 0 aromatic heterocycles. The molecule has 1 aliphatic heterocycles. The highest BCUT2D eigenvalue weighted by atomic mass is 19.1. The van der Waals surface area contributed by atoms with Crippen molar-refractivity contribution in [2.75, 3.05) is 13.2 Å². The monoisotopic (exact) mass is 329 g/mol. The molecule has 1 atom stereocenters. The maximum atomic E-state index is 13.2. The van der Waals surface area contributed by atoms with Crippen LogP contribution in [0.15, 0.2) is 48.5 Å². The molecule has 1 aliphatic rings. The molecule has 24 heavy (non-hydrogen) atoms. The van der Waals surface area contributed by atoms with E-state index in [4.69, 9.17) is 9.47 Å². The van der Waals surface area contributed by atoms with Gasteiger partial charge in [-0.15, -0.1) is 0 Å². The predicted octanol–water partition coefficient (Wildman–Crippen LogP) is 3.31. The maximum absolute atomic E-state index is 13.2. The highest BCUT2D eigenvalue weighted by molar-refractivity contribution is 5.96. The highest BCUT2D eigenvalue weighted by Crippen LogP contribution is 2.20. The Labute approximate surface area is 140 Å². The fraction of sp³-hybridized carbons (Fsp3) is 0.316. The standard InChI is InChI=1S/C19H20FNO3/c20-15-6-3-5-14(11-15)12-21-19(22)17-8-1-2-9-18(17)24-13-16-7-4-10-23-16/h1-3,5-6,8-9,11,16H,4,7,10,12-13H2,(H,21,22). The second-order valence-electron chi connectivity index (χ2n) is 5.75. The van der Waals surface area contributed by atoms with E-state index in [1.54, 1.807) is 30.3 Å². The molecule has 2 aromatic carbocycles. The van der Waals surface area contributed by atoms with Gasteiger partial charge in [-0.25, -0.2) is 4.39 Å². The van der Waals surface area contributed by atoms with Crippen molar-refractivity contribution in [1.29, 1.82) is 0 Å². The SMILES string of the molecule is O=C(NCc1cccc(F)c1)c1ccccc1OCC1CCCO1. The maximum Gasteiger partial charge on any atom is 0.255 e. The topological polar surface area (TPSA) is 47.6 Å². The molecule has 0 aliphatic carbocycles. The van der Waals surface area contributed by atoms with Gasteiger partial charge in [0, 0.05) is 13.2 Å². The lowest BCUT2D eigenvalue weighted by Crippen LogP contribution is -2.24. The molecule has 1 N–H and O–H groups in total. The summed E-state index contributed by atoms with van der Waals surface area (Å²) in [5.74, 6) is -0.0333. The number of carbonyl (C=O) groups is 1. The van der Waals surface area contributed by atoms with Crippen LogP contribution in [-0.2, 0) is 11.3 Å². The van der Waals surface area contributed by atoms with E-state index in [9.17, 15) is 9.18 Å². The molecular weight excluding hydrogens is 309 g/mol. The van der Waals surface area contributed by atoms with E-state index in [0.717, 1.165) is 19.4 Å². The summed E-state index contributed by atoms with van der Waals surface area (Å²) in [6.07, 6.45) is 2.12. The number of para-hydroxylation sites is 1. The molecule has 0 saturated carbocycles. The zero-order valence-electron chi connectivity index (χ0n) is 13.3. The average Bonchev–Trinajstić information content (AvgIpc) is 3.12. The molecule has 4 nitrogen and oxygen atoms in total. The van der Waals surface area contributed by atoms with Gasteiger partial charge >= 0.3 is 0 Å². The van der Waals surface area contributed by atoms with Crippen molar-refractivity contribution in [3.05, 3.63) is 65.5 Å². The van der Waals surface area contributed by atoms with Crippen molar-refractivity contribution in [3.8, 4) is 5.75 Å². The second kappa shape index (κ2) is 7.93. The van der Waals surface area contributed by atoms with Crippen LogP contribution in [0.25, 0.3) is 0 Å². The molecule has 1 heterocycles. The molecule has 2 aromatic rings. The van der Waals surface area contributed by atoms with E-state index in [0.29, 0.717) is 23.5 Å². The Morgan fingerprint density at radius 2 is 2.12 bits per heavy atom. The minimum absolute atomic E-state index is 0.0911. The molecule has 1 saturated heterocycles. The van der Waals surface area contributed by atoms with Gasteiger partial charge in [0.1, 0.15) is 18.2 Å². The molecular formula is C19H20FNO3. The van der Waals surface area contributed by atoms with Crippen LogP contribution in [0.3, 0.4) is 0 Å². The predicted molar refractivity (Wildman–Crippen MR) is 88.5 cm³/mol. The van der Waals surface area contributed by atoms with Crippen LogP contribution in [0, 0.1) is 5.82 Å². The molecule has 126 valence electrons. The lowest BCUT2D eigenvalue weighted by Gasteiger charge is -2.14. The fourth-order valence-corrected chi connectivity index (χ4v) is 2.66. The summed E-state index contributed by atoms with van der Waals surface area (Å²) in [6, 6.07) is 13.3. The molecule has 0 radical (unpaired) electrons. The quantitative estimate of drug-likeness (QED) is 0.884. The summed E-state index contributed by atoms with van der Waals surface area (Å²) in [4.78, 5) is 12.4. The smallest absolute Gasteiger partial charge is 0.255 e. The summed E-state index contributed by atoms with van der Waals surface area (Å²) < 4.78 is 24.5. The summed E-state index contributed by atoms with van der Waals surface area (Å²) in [6.45, 7) is 1.47. The van der Waals surface area contributed by atoms with Crippen LogP contribution in [0.2, 0.25) is 0 Å². The van der Waals surface area contributed by atoms with Crippen molar-refractivity contribution in [1.82, 2.24) is 5.32 Å². The van der Waals surface area contributed by atoms with Crippen molar-refractivity contribution in [3.63, 3.8) is 0 Å². The van der Waals surface area contributed by atoms with E-state index in [-0.39, 0.29) is 24.4 Å². The Balaban J connectivity index is 1.61. The number of carbonyl (C=O) groups excluding carboxylic acids is 1. The fourth-order valence-electron chi connectivity index (χ4n) is 2.66. The minimum atomic E-state index is -0.318. The molecule has 1 amide bonds. The average molecular weight is 329 g/mol. The number of amides is 1. The van der Waals surface area contributed by atoms with Crippen molar-refractivity contribution in [2.45, 2.75) is 25.5 Å². The molecule has 1 fully saturated rings. The first-order valence-electron chi connectivity index (χ1n) is 8.08. The van der Waals surface area contributed by atoms with E-state index in [1.165, 1.54) is 12.1 Å². The third-order valence-electron chi connectivity index (χ3n) is 3.92. The van der Waals surface area contributed by atoms with Gasteiger partial charge in [-0.05, 0) is 42.7 Å². The number of benzene rings is 2. The van der Waals surface area contributed by atoms with Gasteiger partial charge in [0.25, 0.3) is 5.91 Å². The Morgan fingerprint density at radius 1 is 1.25 bits per heavy atom. The van der Waals surface area contributed by atoms with E-state index in [2.05, 4.69) is 5.32 Å². The Kier molecular flexibility index (Phi) is 5.43. The number of hydrogen-bond donors (Lipinski definition) is 1. The van der Waals surface area contributed by atoms with Gasteiger partial charge in [0.2, 0.25) is 0 Å². The first kappa shape index (κ1) is 16.5. The normalized spacial score (nSPS) is 16.8. The van der Waals surface area contributed by atoms with Crippen molar-refractivity contribution in [2.24, 2.45) is 0 Å². The Bertz CT molecular complexity index is 699. The van der Waals surface area contributed by atoms with Crippen molar-refractivity contribution >= 4 is 5.91 Å². The number of halogens is 1. The van der Waals surface area contributed by atoms with E-state index in [1.807, 2.05) is 6.07 Å². The van der Waals surface area contributed by atoms with Gasteiger partial charge in [-0.3, -0.25) is 4.79 Å². The summed E-state index contributed by atoms with van der Waals surface area (Å²) >= 11 is 0. The summed E-state index contributed by atoms with van der Waals surface area (Å²) in [5.41, 5.74) is 1.17. The number of rotatable bonds is 6. The lowest BCUT2D eigenvalue weighted by atomic mass is 10.1. The van der Waals surface area contributed by atoms with Crippen LogP contribution in [0.1, 0.15) is 28.8 Å². The summed E-state index contributed by atoms with van der Waals surface area (Å²) in [5, 5.41) is 2.79. The van der Waals surface area contributed by atoms with Crippen LogP contribution in [0.4, 0.5) is 4.39 Å². The van der Waals surface area contributed by atoms with Gasteiger partial charge in [-0.2, -0.15) is 0 Å². The van der Waals surface area contributed by atoms with Gasteiger partial charge < -0.3 is 14.8 Å². The van der Waals surface area contributed by atoms with Crippen LogP contribution >= 0.6 is 0 Å². The largest absolute Gasteiger partial charge is 0.490 e. The minimum Gasteiger partial charge on any atom is -0.490 e. The third-order valence-corrected chi connectivity index (χ3v) is 3.92. The Morgan fingerprint density at radius 3 is 2.92 bits per heavy atom. The zero-order chi connectivity index (χ0) is 16.8. The first-order valence-corrected chi connectivity index (χ1v) is 8.08. The molecule has 3 rings (SSSR count). The molecule has 5 heteroatoms. The van der Waals surface area contributed by atoms with E-state index >= 15 is 0 Å². The number of ether oxygens (including phenoxy) is 2. The van der Waals surface area contributed by atoms with Crippen LogP contribution < -0.4 is 10.1 Å². The highest BCUT2D eigenvalue weighted by Gasteiger charge is 2.18. The number of nitrogens with one attached hydrogen (secondary N) is 1. The Hall–Kier alpha value is -2.40. The number of hydrogen-bond acceptors (Lipinski definition) is 3. The third kappa shape index (κ3) is 4.32.